The largest absolute Gasteiger partial charge is 0.481 e. The number of imidazole rings is 1. The second-order valence-corrected chi connectivity index (χ2v) is 7.25. The molecule has 0 fully saturated rings. The van der Waals surface area contributed by atoms with E-state index >= 15 is 0 Å². The molecule has 0 spiro atoms. The third kappa shape index (κ3) is 6.79. The molecule has 0 aliphatic heterocycles. The van der Waals surface area contributed by atoms with Crippen LogP contribution in [0.15, 0.2) is 30.6 Å². The quantitative estimate of drug-likeness (QED) is 0.365. The zero-order valence-corrected chi connectivity index (χ0v) is 18.1. The number of esters is 1. The van der Waals surface area contributed by atoms with Crippen LogP contribution in [0, 0.1) is 0 Å². The summed E-state index contributed by atoms with van der Waals surface area (Å²) in [5.41, 5.74) is -0.156. The molecular formula is C19H18Cl2N4O7. The maximum atomic E-state index is 12.4. The van der Waals surface area contributed by atoms with Gasteiger partial charge in [-0.15, -0.1) is 0 Å². The Morgan fingerprint density at radius 1 is 1.16 bits per heavy atom. The fourth-order valence-corrected chi connectivity index (χ4v) is 2.99. The number of aromatic amines is 1. The van der Waals surface area contributed by atoms with E-state index in [1.54, 1.807) is 0 Å². The smallest absolute Gasteiger partial charge is 0.341 e. The molecule has 2 amide bonds. The van der Waals surface area contributed by atoms with E-state index in [1.807, 2.05) is 0 Å². The number of hydrogen-bond acceptors (Lipinski definition) is 7. The Morgan fingerprint density at radius 2 is 1.81 bits per heavy atom. The van der Waals surface area contributed by atoms with Crippen molar-refractivity contribution in [1.29, 1.82) is 0 Å². The van der Waals surface area contributed by atoms with Crippen molar-refractivity contribution in [3.8, 4) is 0 Å². The van der Waals surface area contributed by atoms with Gasteiger partial charge in [-0.05, 0) is 19.1 Å². The summed E-state index contributed by atoms with van der Waals surface area (Å²) in [6, 6.07) is 1.67. The van der Waals surface area contributed by atoms with Crippen molar-refractivity contribution in [1.82, 2.24) is 20.6 Å². The number of aliphatic carboxylic acids is 1. The molecule has 2 unspecified atom stereocenters. The lowest BCUT2D eigenvalue weighted by Crippen LogP contribution is -2.51. The molecule has 13 heteroatoms. The number of ether oxygens (including phenoxy) is 1. The SMILES string of the molecule is CC(NC(=O)c1ncc[nH]1)C(=O)NC(CC(=O)O)C(=O)COC(=O)c1c(Cl)cccc1Cl. The summed E-state index contributed by atoms with van der Waals surface area (Å²) in [6.07, 6.45) is 1.99. The minimum absolute atomic E-state index is 0.00598. The number of carboxylic acids is 1. The fraction of sp³-hybridized carbons (Fsp3) is 0.263. The molecule has 0 radical (unpaired) electrons. The second kappa shape index (κ2) is 11.3. The lowest BCUT2D eigenvalue weighted by Gasteiger charge is -2.19. The van der Waals surface area contributed by atoms with Gasteiger partial charge in [-0.1, -0.05) is 29.3 Å². The van der Waals surface area contributed by atoms with Crippen LogP contribution in [-0.2, 0) is 19.1 Å². The minimum atomic E-state index is -1.52. The van der Waals surface area contributed by atoms with Gasteiger partial charge in [0.15, 0.2) is 18.2 Å². The molecule has 1 aromatic heterocycles. The van der Waals surface area contributed by atoms with Crippen LogP contribution in [0.25, 0.3) is 0 Å². The number of carbonyl (C=O) groups is 5. The van der Waals surface area contributed by atoms with Gasteiger partial charge in [0.25, 0.3) is 5.91 Å². The average Bonchev–Trinajstić information content (AvgIpc) is 3.26. The summed E-state index contributed by atoms with van der Waals surface area (Å²) in [5.74, 6) is -4.80. The van der Waals surface area contributed by atoms with Crippen LogP contribution < -0.4 is 10.6 Å². The van der Waals surface area contributed by atoms with E-state index in [-0.39, 0.29) is 21.4 Å². The van der Waals surface area contributed by atoms with Gasteiger partial charge in [0, 0.05) is 12.4 Å². The number of nitrogens with one attached hydrogen (secondary N) is 3. The number of aromatic nitrogens is 2. The summed E-state index contributed by atoms with van der Waals surface area (Å²) < 4.78 is 4.89. The number of nitrogens with zero attached hydrogens (tertiary/aromatic N) is 1. The molecule has 2 aromatic rings. The molecule has 0 aliphatic carbocycles. The molecule has 170 valence electrons. The van der Waals surface area contributed by atoms with Crippen molar-refractivity contribution >= 4 is 52.7 Å². The maximum absolute atomic E-state index is 12.4. The topological polar surface area (TPSA) is 168 Å². The zero-order chi connectivity index (χ0) is 23.8. The van der Waals surface area contributed by atoms with E-state index in [0.717, 1.165) is 0 Å². The summed E-state index contributed by atoms with van der Waals surface area (Å²) in [4.78, 5) is 66.4. The third-order valence-electron chi connectivity index (χ3n) is 4.05. The van der Waals surface area contributed by atoms with E-state index < -0.39 is 54.6 Å². The summed E-state index contributed by atoms with van der Waals surface area (Å²) in [7, 11) is 0. The average molecular weight is 485 g/mol. The monoisotopic (exact) mass is 484 g/mol. The number of hydrogen-bond donors (Lipinski definition) is 4. The van der Waals surface area contributed by atoms with E-state index in [2.05, 4.69) is 20.6 Å². The fourth-order valence-electron chi connectivity index (χ4n) is 2.44. The molecule has 4 N–H and O–H groups in total. The highest BCUT2D eigenvalue weighted by molar-refractivity contribution is 6.39. The lowest BCUT2D eigenvalue weighted by molar-refractivity contribution is -0.140. The zero-order valence-electron chi connectivity index (χ0n) is 16.6. The lowest BCUT2D eigenvalue weighted by atomic mass is 10.1. The van der Waals surface area contributed by atoms with E-state index in [1.165, 1.54) is 37.5 Å². The van der Waals surface area contributed by atoms with E-state index in [0.29, 0.717) is 0 Å². The maximum Gasteiger partial charge on any atom is 0.341 e. The molecule has 1 heterocycles. The number of Topliss-reactive ketones (excluding diaryl/α,β-unsaturated/α-hetero) is 1. The van der Waals surface area contributed by atoms with Gasteiger partial charge in [0.1, 0.15) is 12.1 Å². The van der Waals surface area contributed by atoms with E-state index in [9.17, 15) is 24.0 Å². The molecule has 2 rings (SSSR count). The standard InChI is InChI=1S/C19H18Cl2N4O7/c1-9(24-18(30)16-22-5-6-23-16)17(29)25-12(7-14(27)28)13(26)8-32-19(31)15-10(20)3-2-4-11(15)21/h2-6,9,12H,7-8H2,1H3,(H,22,23)(H,24,30)(H,25,29)(H,27,28). The van der Waals surface area contributed by atoms with Gasteiger partial charge in [-0.3, -0.25) is 19.2 Å². The third-order valence-corrected chi connectivity index (χ3v) is 4.68. The summed E-state index contributed by atoms with van der Waals surface area (Å²) in [5, 5.41) is 13.6. The number of halogens is 2. The van der Waals surface area contributed by atoms with Gasteiger partial charge in [-0.2, -0.15) is 0 Å². The minimum Gasteiger partial charge on any atom is -0.481 e. The van der Waals surface area contributed by atoms with Gasteiger partial charge in [-0.25, -0.2) is 9.78 Å². The summed E-state index contributed by atoms with van der Waals surface area (Å²) >= 11 is 11.8. The first-order valence-electron chi connectivity index (χ1n) is 9.06. The van der Waals surface area contributed by atoms with Crippen LogP contribution in [0.3, 0.4) is 0 Å². The van der Waals surface area contributed by atoms with Gasteiger partial charge >= 0.3 is 11.9 Å². The Bertz CT molecular complexity index is 1010. The molecule has 2 atom stereocenters. The van der Waals surface area contributed by atoms with Crippen molar-refractivity contribution in [3.05, 3.63) is 52.0 Å². The molecule has 32 heavy (non-hydrogen) atoms. The number of carboxylic acid groups (broad SMARTS) is 1. The van der Waals surface area contributed by atoms with Crippen LogP contribution in [-0.4, -0.2) is 63.3 Å². The first-order valence-corrected chi connectivity index (χ1v) is 9.82. The van der Waals surface area contributed by atoms with Crippen molar-refractivity contribution in [2.24, 2.45) is 0 Å². The first-order chi connectivity index (χ1) is 15.1. The predicted molar refractivity (Wildman–Crippen MR) is 111 cm³/mol. The second-order valence-electron chi connectivity index (χ2n) is 6.43. The number of carbonyl (C=O) groups excluding carboxylic acids is 4. The Morgan fingerprint density at radius 3 is 2.38 bits per heavy atom. The van der Waals surface area contributed by atoms with Crippen molar-refractivity contribution < 1.29 is 33.8 Å². The number of ketones is 1. The Labute approximate surface area is 191 Å². The predicted octanol–water partition coefficient (Wildman–Crippen LogP) is 1.22. The Kier molecular flexibility index (Phi) is 8.73. The van der Waals surface area contributed by atoms with E-state index in [4.69, 9.17) is 33.0 Å². The molecule has 0 aliphatic rings. The van der Waals surface area contributed by atoms with Crippen molar-refractivity contribution in [3.63, 3.8) is 0 Å². The number of rotatable bonds is 10. The highest BCUT2D eigenvalue weighted by Crippen LogP contribution is 2.24. The first kappa shape index (κ1) is 24.8. The van der Waals surface area contributed by atoms with Crippen molar-refractivity contribution in [2.45, 2.75) is 25.4 Å². The number of amides is 2. The van der Waals surface area contributed by atoms with Gasteiger partial charge < -0.3 is 25.5 Å². The summed E-state index contributed by atoms with van der Waals surface area (Å²) in [6.45, 7) is 0.490. The Hall–Kier alpha value is -3.44. The highest BCUT2D eigenvalue weighted by atomic mass is 35.5. The number of H-pyrrole nitrogens is 1. The highest BCUT2D eigenvalue weighted by Gasteiger charge is 2.28. The van der Waals surface area contributed by atoms with Crippen molar-refractivity contribution in [2.75, 3.05) is 6.61 Å². The Balaban J connectivity index is 1.99. The van der Waals surface area contributed by atoms with Crippen LogP contribution in [0.4, 0.5) is 0 Å². The molecule has 1 aromatic carbocycles. The number of benzene rings is 1. The van der Waals surface area contributed by atoms with Crippen LogP contribution in [0.5, 0.6) is 0 Å². The molecule has 11 nitrogen and oxygen atoms in total. The molecule has 0 saturated carbocycles. The molecule has 0 bridgehead atoms. The van der Waals surface area contributed by atoms with Gasteiger partial charge in [0.05, 0.1) is 22.0 Å². The normalized spacial score (nSPS) is 12.3. The van der Waals surface area contributed by atoms with Crippen LogP contribution in [0.1, 0.15) is 34.3 Å². The van der Waals surface area contributed by atoms with Gasteiger partial charge in [0.2, 0.25) is 5.91 Å². The molecular weight excluding hydrogens is 467 g/mol. The van der Waals surface area contributed by atoms with Crippen LogP contribution >= 0.6 is 23.2 Å². The molecule has 0 saturated heterocycles. The van der Waals surface area contributed by atoms with Crippen LogP contribution in [0.2, 0.25) is 10.0 Å².